The Morgan fingerprint density at radius 3 is 0.988 bits per heavy atom. The van der Waals surface area contributed by atoms with Crippen molar-refractivity contribution in [1.29, 1.82) is 0 Å². The van der Waals surface area contributed by atoms with Crippen LogP contribution < -0.4 is 0 Å². The van der Waals surface area contributed by atoms with Gasteiger partial charge in [0.2, 0.25) is 0 Å². The molecule has 8 aromatic rings. The molecule has 83 heavy (non-hydrogen) atoms. The zero-order valence-electron chi connectivity index (χ0n) is 45.1. The number of carbonyl (C=O) groups is 4. The first-order chi connectivity index (χ1) is 40.8. The van der Waals surface area contributed by atoms with E-state index in [0.717, 1.165) is 22.3 Å². The van der Waals surface area contributed by atoms with E-state index in [4.69, 9.17) is 47.4 Å². The predicted octanol–water partition coefficient (Wildman–Crippen LogP) is 10.3. The maximum absolute atomic E-state index is 14.7. The molecule has 0 spiro atoms. The number of hydrogen-bond acceptors (Lipinski definition) is 15. The average Bonchev–Trinajstić information content (AvgIpc) is 3.65. The van der Waals surface area contributed by atoms with Crippen molar-refractivity contribution in [2.45, 2.75) is 93.8 Å². The molecular formula is C68H62O15. The summed E-state index contributed by atoms with van der Waals surface area (Å²) >= 11 is 0. The van der Waals surface area contributed by atoms with Gasteiger partial charge in [-0.05, 0) is 70.8 Å². The summed E-state index contributed by atoms with van der Waals surface area (Å²) in [4.78, 5) is 58.1. The number of aliphatic hydroxyl groups excluding tert-OH is 1. The summed E-state index contributed by atoms with van der Waals surface area (Å²) in [7, 11) is 0. The van der Waals surface area contributed by atoms with Gasteiger partial charge in [0.05, 0.1) is 55.3 Å². The van der Waals surface area contributed by atoms with Gasteiger partial charge in [-0.3, -0.25) is 0 Å². The second-order valence-corrected chi connectivity index (χ2v) is 19.9. The van der Waals surface area contributed by atoms with Crippen molar-refractivity contribution < 1.29 is 71.7 Å². The highest BCUT2D eigenvalue weighted by molar-refractivity contribution is 5.92. The monoisotopic (exact) mass is 1120 g/mol. The van der Waals surface area contributed by atoms with Crippen molar-refractivity contribution in [1.82, 2.24) is 0 Å². The molecule has 1 N–H and O–H groups in total. The van der Waals surface area contributed by atoms with Crippen LogP contribution in [0, 0.1) is 0 Å². The fraction of sp³-hybridized carbons (Fsp3) is 0.235. The van der Waals surface area contributed by atoms with Gasteiger partial charge in [0.25, 0.3) is 0 Å². The lowest BCUT2D eigenvalue weighted by molar-refractivity contribution is -0.355. The normalized spacial score (nSPS) is 23.0. The summed E-state index contributed by atoms with van der Waals surface area (Å²) in [6, 6.07) is 70.0. The highest BCUT2D eigenvalue weighted by atomic mass is 16.7. The van der Waals surface area contributed by atoms with Crippen molar-refractivity contribution >= 4 is 23.9 Å². The first kappa shape index (κ1) is 57.6. The lowest BCUT2D eigenvalue weighted by Crippen LogP contribution is -2.70. The third kappa shape index (κ3) is 15.3. The van der Waals surface area contributed by atoms with Crippen LogP contribution in [0.25, 0.3) is 0 Å². The highest BCUT2D eigenvalue weighted by Gasteiger charge is 2.61. The second kappa shape index (κ2) is 28.9. The minimum absolute atomic E-state index is 0.00766. The maximum Gasteiger partial charge on any atom is 0.338 e. The lowest BCUT2D eigenvalue weighted by Gasteiger charge is -2.50. The third-order valence-corrected chi connectivity index (χ3v) is 14.1. The van der Waals surface area contributed by atoms with E-state index in [1.807, 2.05) is 121 Å². The van der Waals surface area contributed by atoms with Gasteiger partial charge in [0.15, 0.2) is 30.7 Å². The van der Waals surface area contributed by atoms with Crippen LogP contribution in [-0.4, -0.2) is 103 Å². The van der Waals surface area contributed by atoms with E-state index < -0.39 is 91.2 Å². The molecule has 2 fully saturated rings. The van der Waals surface area contributed by atoms with Crippen molar-refractivity contribution in [2.75, 3.05) is 6.61 Å². The van der Waals surface area contributed by atoms with E-state index in [2.05, 4.69) is 0 Å². The SMILES string of the molecule is O=C(O[C@H]1[C@H](OC(=O)c2ccccc2)[C@H](O[C@H]2O[C@H](COCc3ccccc3)[C@@H](OCc3ccccc3)[C@H](OCc3ccccc3)[C@@H]2OCc2ccccc2)[C@@H](O)[C@H](OC(=O)c2ccccc2)[C@H]1OC(=O)c1ccccc1)c1ccccc1. The number of aliphatic hydroxyl groups is 1. The summed E-state index contributed by atoms with van der Waals surface area (Å²) in [5.74, 6) is -3.76. The molecule has 11 atom stereocenters. The molecule has 424 valence electrons. The minimum Gasteiger partial charge on any atom is -0.452 e. The predicted molar refractivity (Wildman–Crippen MR) is 303 cm³/mol. The van der Waals surface area contributed by atoms with E-state index in [0.29, 0.717) is 0 Å². The Bertz CT molecular complexity index is 3270. The first-order valence-electron chi connectivity index (χ1n) is 27.4. The van der Waals surface area contributed by atoms with Crippen molar-refractivity contribution in [3.05, 3.63) is 287 Å². The first-order valence-corrected chi connectivity index (χ1v) is 27.4. The van der Waals surface area contributed by atoms with Crippen LogP contribution in [0.2, 0.25) is 0 Å². The van der Waals surface area contributed by atoms with Gasteiger partial charge >= 0.3 is 23.9 Å². The lowest BCUT2D eigenvalue weighted by atomic mass is 9.83. The third-order valence-electron chi connectivity index (χ3n) is 14.1. The molecule has 1 saturated carbocycles. The zero-order chi connectivity index (χ0) is 57.2. The summed E-state index contributed by atoms with van der Waals surface area (Å²) in [5.41, 5.74) is 3.64. The van der Waals surface area contributed by atoms with Gasteiger partial charge in [0, 0.05) is 0 Å². The van der Waals surface area contributed by atoms with Gasteiger partial charge in [0.1, 0.15) is 36.6 Å². The molecule has 0 aromatic heterocycles. The van der Waals surface area contributed by atoms with Gasteiger partial charge in [-0.1, -0.05) is 194 Å². The smallest absolute Gasteiger partial charge is 0.338 e. The molecule has 2 aliphatic rings. The van der Waals surface area contributed by atoms with E-state index in [1.54, 1.807) is 72.8 Å². The number of esters is 4. The molecule has 1 heterocycles. The fourth-order valence-electron chi connectivity index (χ4n) is 9.91. The summed E-state index contributed by atoms with van der Waals surface area (Å²) in [6.45, 7) is 0.283. The van der Waals surface area contributed by atoms with Crippen LogP contribution in [0.1, 0.15) is 63.7 Å². The summed E-state index contributed by atoms with van der Waals surface area (Å²) in [6.07, 6.45) is -17.2. The van der Waals surface area contributed by atoms with Crippen LogP contribution >= 0.6 is 0 Å². The van der Waals surface area contributed by atoms with Crippen LogP contribution in [0.3, 0.4) is 0 Å². The molecule has 1 aliphatic carbocycles. The van der Waals surface area contributed by atoms with Crippen molar-refractivity contribution in [3.8, 4) is 0 Å². The van der Waals surface area contributed by atoms with E-state index in [-0.39, 0.29) is 55.3 Å². The quantitative estimate of drug-likeness (QED) is 0.0472. The molecule has 15 nitrogen and oxygen atoms in total. The summed E-state index contributed by atoms with van der Waals surface area (Å²) < 4.78 is 66.9. The molecule has 1 aliphatic heterocycles. The zero-order valence-corrected chi connectivity index (χ0v) is 45.1. The van der Waals surface area contributed by atoms with Gasteiger partial charge < -0.3 is 52.5 Å². The Balaban J connectivity index is 1.11. The van der Waals surface area contributed by atoms with Crippen LogP contribution in [-0.2, 0) is 73.8 Å². The number of hydrogen-bond donors (Lipinski definition) is 1. The standard InChI is InChI=1S/C68H62O15/c69-55-57(79-64(70)50-33-17-5-18-34-50)60(80-65(71)51-35-19-6-20-36-51)62(82-67(73)53-39-23-8-24-40-53)61(81-66(72)52-37-21-7-22-38-52)58(55)83-68-63(77-44-49-31-15-4-16-32-49)59(76-43-48-29-13-3-14-30-48)56(75-42-47-27-11-2-12-28-47)54(78-68)45-74-41-46-25-9-1-10-26-46/h1-40,54-63,68-69H,41-45H2/t54-,55+,56-,57+,58-,59+,60-,61-,62-,63+,68-/m1/s1. The average molecular weight is 1120 g/mol. The Morgan fingerprint density at radius 2 is 0.614 bits per heavy atom. The van der Waals surface area contributed by atoms with Gasteiger partial charge in [-0.2, -0.15) is 0 Å². The number of rotatable bonds is 23. The fourth-order valence-corrected chi connectivity index (χ4v) is 9.91. The topological polar surface area (TPSA) is 181 Å². The van der Waals surface area contributed by atoms with Crippen LogP contribution in [0.15, 0.2) is 243 Å². The molecule has 0 unspecified atom stereocenters. The number of ether oxygens (including phenoxy) is 10. The van der Waals surface area contributed by atoms with Gasteiger partial charge in [-0.25, -0.2) is 19.2 Å². The highest BCUT2D eigenvalue weighted by Crippen LogP contribution is 2.39. The molecule has 15 heteroatoms. The number of carbonyl (C=O) groups excluding carboxylic acids is 4. The number of benzene rings is 8. The molecule has 0 bridgehead atoms. The van der Waals surface area contributed by atoms with Gasteiger partial charge in [-0.15, -0.1) is 0 Å². The van der Waals surface area contributed by atoms with Crippen LogP contribution in [0.4, 0.5) is 0 Å². The van der Waals surface area contributed by atoms with E-state index >= 15 is 0 Å². The molecule has 0 amide bonds. The Kier molecular flexibility index (Phi) is 20.0. The Hall–Kier alpha value is -8.64. The summed E-state index contributed by atoms with van der Waals surface area (Å²) in [5, 5.41) is 13.2. The molecular weight excluding hydrogens is 1060 g/mol. The largest absolute Gasteiger partial charge is 0.452 e. The van der Waals surface area contributed by atoms with Crippen molar-refractivity contribution in [2.24, 2.45) is 0 Å². The molecule has 10 rings (SSSR count). The Labute approximate surface area is 481 Å². The Morgan fingerprint density at radius 1 is 0.325 bits per heavy atom. The van der Waals surface area contributed by atoms with E-state index in [9.17, 15) is 24.3 Å². The molecule has 8 aromatic carbocycles. The molecule has 1 saturated heterocycles. The minimum atomic E-state index is -2.06. The second-order valence-electron chi connectivity index (χ2n) is 19.9. The van der Waals surface area contributed by atoms with Crippen LogP contribution in [0.5, 0.6) is 0 Å². The maximum atomic E-state index is 14.7. The van der Waals surface area contributed by atoms with Crippen molar-refractivity contribution in [3.63, 3.8) is 0 Å². The molecule has 0 radical (unpaired) electrons. The van der Waals surface area contributed by atoms with E-state index in [1.165, 1.54) is 48.5 Å².